The summed E-state index contributed by atoms with van der Waals surface area (Å²) in [6.07, 6.45) is 0. The molecule has 0 aromatic heterocycles. The minimum atomic E-state index is -0.386. The van der Waals surface area contributed by atoms with Crippen LogP contribution in [0.3, 0.4) is 0 Å². The number of anilines is 1. The molecule has 0 saturated heterocycles. The summed E-state index contributed by atoms with van der Waals surface area (Å²) in [5.74, 6) is -0.0445. The molecule has 0 aliphatic carbocycles. The Balaban J connectivity index is 1.72. The fourth-order valence-corrected chi connectivity index (χ4v) is 2.76. The van der Waals surface area contributed by atoms with Crippen molar-refractivity contribution in [2.75, 3.05) is 25.0 Å². The van der Waals surface area contributed by atoms with E-state index in [2.05, 4.69) is 0 Å². The van der Waals surface area contributed by atoms with Gasteiger partial charge >= 0.3 is 5.97 Å². The summed E-state index contributed by atoms with van der Waals surface area (Å²) in [4.78, 5) is 27.6. The number of rotatable bonds is 4. The molecule has 2 aromatic rings. The number of carbonyl (C=O) groups is 2. The third-order valence-corrected chi connectivity index (χ3v) is 4.05. The molecule has 0 saturated carbocycles. The van der Waals surface area contributed by atoms with Gasteiger partial charge in [0.1, 0.15) is 6.54 Å². The number of halogens is 1. The summed E-state index contributed by atoms with van der Waals surface area (Å²) in [6.45, 7) is 0.629. The molecular weight excluding hydrogens is 328 g/mol. The topological polar surface area (TPSA) is 49.9 Å². The van der Waals surface area contributed by atoms with Crippen molar-refractivity contribution in [3.8, 4) is 5.75 Å². The van der Waals surface area contributed by atoms with E-state index in [0.717, 1.165) is 5.56 Å². The quantitative estimate of drug-likeness (QED) is 0.632. The van der Waals surface area contributed by atoms with Gasteiger partial charge in [0.05, 0.1) is 12.2 Å². The summed E-state index contributed by atoms with van der Waals surface area (Å²) in [5.41, 5.74) is 1.71. The summed E-state index contributed by atoms with van der Waals surface area (Å²) in [6, 6.07) is 14.7. The van der Waals surface area contributed by atoms with E-state index in [1.807, 2.05) is 30.3 Å². The third kappa shape index (κ3) is 3.68. The zero-order valence-electron chi connectivity index (χ0n) is 13.2. The maximum atomic E-state index is 12.5. The Morgan fingerprint density at radius 1 is 1.25 bits per heavy atom. The molecule has 0 bridgehead atoms. The molecule has 0 radical (unpaired) electrons. The average molecular weight is 345 g/mol. The number of fused-ring (bicyclic) bond motifs is 1. The molecule has 24 heavy (non-hydrogen) atoms. The maximum absolute atomic E-state index is 12.5. The Morgan fingerprint density at radius 2 is 2.00 bits per heavy atom. The van der Waals surface area contributed by atoms with E-state index >= 15 is 0 Å². The predicted molar refractivity (Wildman–Crippen MR) is 92.2 cm³/mol. The summed E-state index contributed by atoms with van der Waals surface area (Å²) >= 11 is 6.02. The van der Waals surface area contributed by atoms with Gasteiger partial charge in [0.25, 0.3) is 0 Å². The number of amides is 1. The number of ether oxygens (including phenoxy) is 1. The van der Waals surface area contributed by atoms with Crippen LogP contribution in [0.25, 0.3) is 0 Å². The van der Waals surface area contributed by atoms with Crippen LogP contribution < -0.4 is 9.64 Å². The van der Waals surface area contributed by atoms with E-state index in [4.69, 9.17) is 16.3 Å². The number of carbonyl (C=O) groups excluding carboxylic acids is 2. The van der Waals surface area contributed by atoms with E-state index in [1.165, 1.54) is 0 Å². The molecule has 0 spiro atoms. The highest BCUT2D eigenvalue weighted by Crippen LogP contribution is 2.34. The maximum Gasteiger partial charge on any atom is 0.331 e. The Labute approximate surface area is 145 Å². The number of benzene rings is 2. The van der Waals surface area contributed by atoms with Crippen LogP contribution in [-0.2, 0) is 16.1 Å². The van der Waals surface area contributed by atoms with Gasteiger partial charge < -0.3 is 14.5 Å². The molecule has 0 unspecified atom stereocenters. The van der Waals surface area contributed by atoms with Crippen LogP contribution in [0.5, 0.6) is 5.75 Å². The van der Waals surface area contributed by atoms with E-state index in [-0.39, 0.29) is 25.0 Å². The first-order chi connectivity index (χ1) is 11.5. The normalized spacial score (nSPS) is 13.2. The molecule has 5 nitrogen and oxygen atoms in total. The second-order valence-corrected chi connectivity index (χ2v) is 6.11. The molecule has 124 valence electrons. The zero-order chi connectivity index (χ0) is 17.1. The molecule has 0 atom stereocenters. The van der Waals surface area contributed by atoms with Crippen molar-refractivity contribution in [2.45, 2.75) is 6.54 Å². The van der Waals surface area contributed by atoms with Crippen LogP contribution >= 0.6 is 11.6 Å². The van der Waals surface area contributed by atoms with Gasteiger partial charge in [-0.3, -0.25) is 4.79 Å². The van der Waals surface area contributed by atoms with Crippen molar-refractivity contribution in [2.24, 2.45) is 0 Å². The van der Waals surface area contributed by atoms with E-state index < -0.39 is 0 Å². The van der Waals surface area contributed by atoms with Gasteiger partial charge in [-0.05, 0) is 23.8 Å². The SMILES string of the molecule is CN(Cc1ccccc1)C(=O)CN1CC(=O)Oc2ccc(Cl)cc21. The Kier molecular flexibility index (Phi) is 4.71. The van der Waals surface area contributed by atoms with Crippen molar-refractivity contribution < 1.29 is 14.3 Å². The lowest BCUT2D eigenvalue weighted by molar-refractivity contribution is -0.133. The number of nitrogens with zero attached hydrogens (tertiary/aromatic N) is 2. The van der Waals surface area contributed by atoms with E-state index in [1.54, 1.807) is 35.0 Å². The zero-order valence-corrected chi connectivity index (χ0v) is 14.0. The van der Waals surface area contributed by atoms with Crippen molar-refractivity contribution in [3.05, 3.63) is 59.1 Å². The predicted octanol–water partition coefficient (Wildman–Crippen LogP) is 2.72. The van der Waals surface area contributed by atoms with Crippen molar-refractivity contribution in [1.29, 1.82) is 0 Å². The second-order valence-electron chi connectivity index (χ2n) is 5.68. The van der Waals surface area contributed by atoms with E-state index in [0.29, 0.717) is 23.0 Å². The molecule has 1 aliphatic rings. The van der Waals surface area contributed by atoms with Gasteiger partial charge in [-0.2, -0.15) is 0 Å². The number of esters is 1. The van der Waals surface area contributed by atoms with Gasteiger partial charge in [-0.15, -0.1) is 0 Å². The fraction of sp³-hybridized carbons (Fsp3) is 0.222. The highest BCUT2D eigenvalue weighted by Gasteiger charge is 2.26. The van der Waals surface area contributed by atoms with Crippen molar-refractivity contribution >= 4 is 29.2 Å². The summed E-state index contributed by atoms with van der Waals surface area (Å²) in [5, 5.41) is 0.529. The third-order valence-electron chi connectivity index (χ3n) is 3.82. The average Bonchev–Trinajstić information content (AvgIpc) is 2.56. The minimum Gasteiger partial charge on any atom is -0.423 e. The van der Waals surface area contributed by atoms with Gasteiger partial charge in [0, 0.05) is 18.6 Å². The Hall–Kier alpha value is -2.53. The molecule has 3 rings (SSSR count). The number of hydrogen-bond acceptors (Lipinski definition) is 4. The lowest BCUT2D eigenvalue weighted by Gasteiger charge is -2.30. The lowest BCUT2D eigenvalue weighted by atomic mass is 10.2. The van der Waals surface area contributed by atoms with Crippen LogP contribution in [0.1, 0.15) is 5.56 Å². The van der Waals surface area contributed by atoms with Gasteiger partial charge in [0.15, 0.2) is 5.75 Å². The van der Waals surface area contributed by atoms with Crippen LogP contribution in [-0.4, -0.2) is 36.9 Å². The van der Waals surface area contributed by atoms with Crippen LogP contribution in [0, 0.1) is 0 Å². The first-order valence-electron chi connectivity index (χ1n) is 7.56. The molecule has 1 amide bonds. The number of likely N-dealkylation sites (N-methyl/N-ethyl adjacent to an activating group) is 1. The van der Waals surface area contributed by atoms with Gasteiger partial charge in [-0.1, -0.05) is 41.9 Å². The standard InChI is InChI=1S/C18H17ClN2O3/c1-20(10-13-5-3-2-4-6-13)17(22)11-21-12-18(23)24-16-8-7-14(19)9-15(16)21/h2-9H,10-12H2,1H3. The molecule has 0 fully saturated rings. The molecule has 1 aliphatic heterocycles. The Bertz CT molecular complexity index is 764. The van der Waals surface area contributed by atoms with Crippen LogP contribution in [0.4, 0.5) is 5.69 Å². The molecule has 1 heterocycles. The molecule has 2 aromatic carbocycles. The van der Waals surface area contributed by atoms with Gasteiger partial charge in [0.2, 0.25) is 5.91 Å². The highest BCUT2D eigenvalue weighted by molar-refractivity contribution is 6.31. The van der Waals surface area contributed by atoms with Crippen LogP contribution in [0.2, 0.25) is 5.02 Å². The Morgan fingerprint density at radius 3 is 2.75 bits per heavy atom. The molecular formula is C18H17ClN2O3. The lowest BCUT2D eigenvalue weighted by Crippen LogP contribution is -2.43. The van der Waals surface area contributed by atoms with E-state index in [9.17, 15) is 9.59 Å². The fourth-order valence-electron chi connectivity index (χ4n) is 2.59. The largest absolute Gasteiger partial charge is 0.423 e. The second kappa shape index (κ2) is 6.93. The smallest absolute Gasteiger partial charge is 0.331 e. The summed E-state index contributed by atoms with van der Waals surface area (Å²) in [7, 11) is 1.75. The van der Waals surface area contributed by atoms with Crippen molar-refractivity contribution in [1.82, 2.24) is 4.90 Å². The summed E-state index contributed by atoms with van der Waals surface area (Å²) < 4.78 is 5.19. The minimum absolute atomic E-state index is 0.0261. The first kappa shape index (κ1) is 16.3. The van der Waals surface area contributed by atoms with Crippen molar-refractivity contribution in [3.63, 3.8) is 0 Å². The first-order valence-corrected chi connectivity index (χ1v) is 7.94. The number of hydrogen-bond donors (Lipinski definition) is 0. The monoisotopic (exact) mass is 344 g/mol. The molecule has 0 N–H and O–H groups in total. The highest BCUT2D eigenvalue weighted by atomic mass is 35.5. The van der Waals surface area contributed by atoms with Crippen LogP contribution in [0.15, 0.2) is 48.5 Å². The van der Waals surface area contributed by atoms with Gasteiger partial charge in [-0.25, -0.2) is 4.79 Å². The molecule has 6 heteroatoms.